The Morgan fingerprint density at radius 3 is 1.19 bits per heavy atom. The fourth-order valence-corrected chi connectivity index (χ4v) is 2.56. The van der Waals surface area contributed by atoms with E-state index in [0.717, 1.165) is 0 Å². The van der Waals surface area contributed by atoms with E-state index in [1.165, 1.54) is 0 Å². The van der Waals surface area contributed by atoms with Crippen molar-refractivity contribution in [2.24, 2.45) is 0 Å². The Labute approximate surface area is 99.6 Å². The average Bonchev–Trinajstić information content (AvgIpc) is 1.94. The number of carbonyl (C=O) groups excluding carboxylic acids is 2. The van der Waals surface area contributed by atoms with E-state index in [9.17, 15) is 9.59 Å². The molecule has 16 heavy (non-hydrogen) atoms. The molecule has 0 saturated heterocycles. The molecule has 0 N–H and O–H groups in total. The van der Waals surface area contributed by atoms with Crippen molar-refractivity contribution in [2.45, 2.75) is 52.1 Å². The van der Waals surface area contributed by atoms with Crippen molar-refractivity contribution in [1.29, 1.82) is 0 Å². The molecule has 0 rings (SSSR count). The molecule has 0 bridgehead atoms. The first-order chi connectivity index (χ1) is 6.99. The summed E-state index contributed by atoms with van der Waals surface area (Å²) in [5.74, 6) is -0.599. The second-order valence-corrected chi connectivity index (χ2v) is 14.5. The molecule has 0 unspecified atom stereocenters. The highest BCUT2D eigenvalue weighted by Crippen LogP contribution is 2.08. The van der Waals surface area contributed by atoms with Gasteiger partial charge in [0, 0.05) is 0 Å². The molecule has 0 aromatic heterocycles. The van der Waals surface area contributed by atoms with Crippen LogP contribution in [0.1, 0.15) is 12.8 Å². The lowest BCUT2D eigenvalue weighted by Crippen LogP contribution is -2.31. The monoisotopic (exact) mass is 262 g/mol. The van der Waals surface area contributed by atoms with Gasteiger partial charge in [0.15, 0.2) is 0 Å². The molecular weight excluding hydrogens is 240 g/mol. The van der Waals surface area contributed by atoms with Gasteiger partial charge in [0.2, 0.25) is 16.6 Å². The van der Waals surface area contributed by atoms with Crippen LogP contribution >= 0.6 is 0 Å². The summed E-state index contributed by atoms with van der Waals surface area (Å²) in [6.07, 6.45) is 0.237. The third-order valence-corrected chi connectivity index (χ3v) is 3.05. The summed E-state index contributed by atoms with van der Waals surface area (Å²) in [6, 6.07) is 0. The van der Waals surface area contributed by atoms with Crippen LogP contribution in [0.5, 0.6) is 0 Å². The van der Waals surface area contributed by atoms with Crippen LogP contribution in [0.15, 0.2) is 0 Å². The molecule has 94 valence electrons. The molecular formula is C10H22O4Si2. The Bertz CT molecular complexity index is 235. The first-order valence-corrected chi connectivity index (χ1v) is 12.2. The first kappa shape index (κ1) is 15.4. The zero-order valence-corrected chi connectivity index (χ0v) is 13.0. The van der Waals surface area contributed by atoms with Gasteiger partial charge in [0.25, 0.3) is 11.9 Å². The van der Waals surface area contributed by atoms with E-state index in [-0.39, 0.29) is 24.8 Å². The molecule has 0 aliphatic rings. The van der Waals surface area contributed by atoms with Gasteiger partial charge in [0.05, 0.1) is 12.8 Å². The van der Waals surface area contributed by atoms with Gasteiger partial charge in [-0.2, -0.15) is 0 Å². The predicted octanol–water partition coefficient (Wildman–Crippen LogP) is 2.52. The Morgan fingerprint density at radius 2 is 1.00 bits per heavy atom. The first-order valence-electron chi connectivity index (χ1n) is 5.43. The molecule has 0 aliphatic carbocycles. The van der Waals surface area contributed by atoms with Crippen molar-refractivity contribution >= 4 is 28.6 Å². The second kappa shape index (κ2) is 5.63. The molecule has 4 nitrogen and oxygen atoms in total. The lowest BCUT2D eigenvalue weighted by molar-refractivity contribution is -0.141. The summed E-state index contributed by atoms with van der Waals surface area (Å²) in [5, 5.41) is 0. The summed E-state index contributed by atoms with van der Waals surface area (Å²) in [5.41, 5.74) is 0. The van der Waals surface area contributed by atoms with Crippen LogP contribution in [0.3, 0.4) is 0 Å². The van der Waals surface area contributed by atoms with E-state index in [0.29, 0.717) is 0 Å². The van der Waals surface area contributed by atoms with Gasteiger partial charge in [0.1, 0.15) is 0 Å². The fourth-order valence-electron chi connectivity index (χ4n) is 0.989. The highest BCUT2D eigenvalue weighted by atomic mass is 28.4. The Balaban J connectivity index is 3.90. The van der Waals surface area contributed by atoms with Gasteiger partial charge in [-0.3, -0.25) is 9.59 Å². The van der Waals surface area contributed by atoms with E-state index >= 15 is 0 Å². The van der Waals surface area contributed by atoms with Gasteiger partial charge >= 0.3 is 0 Å². The van der Waals surface area contributed by atoms with Crippen LogP contribution in [0, 0.1) is 0 Å². The van der Waals surface area contributed by atoms with E-state index in [1.54, 1.807) is 0 Å². The van der Waals surface area contributed by atoms with E-state index in [1.807, 2.05) is 39.3 Å². The minimum Gasteiger partial charge on any atom is -0.520 e. The topological polar surface area (TPSA) is 52.6 Å². The van der Waals surface area contributed by atoms with Gasteiger partial charge in [-0.1, -0.05) is 0 Å². The van der Waals surface area contributed by atoms with Crippen molar-refractivity contribution in [3.8, 4) is 0 Å². The molecule has 0 aliphatic heterocycles. The summed E-state index contributed by atoms with van der Waals surface area (Å²) in [6.45, 7) is 11.6. The Morgan fingerprint density at radius 1 is 0.750 bits per heavy atom. The molecule has 0 spiro atoms. The predicted molar refractivity (Wildman–Crippen MR) is 68.1 cm³/mol. The smallest absolute Gasteiger partial charge is 0.293 e. The van der Waals surface area contributed by atoms with Crippen molar-refractivity contribution in [3.63, 3.8) is 0 Å². The van der Waals surface area contributed by atoms with Crippen LogP contribution in [0.25, 0.3) is 0 Å². The molecule has 0 saturated carbocycles. The maximum Gasteiger partial charge on any atom is 0.293 e. The molecule has 0 aromatic carbocycles. The SMILES string of the molecule is C[Si](C)(C)OC(=O)CCC(=O)O[Si](C)(C)C. The highest BCUT2D eigenvalue weighted by molar-refractivity contribution is 6.71. The van der Waals surface area contributed by atoms with Crippen molar-refractivity contribution in [2.75, 3.05) is 0 Å². The standard InChI is InChI=1S/C10H22O4Si2/c1-15(2,3)13-9(11)7-8-10(12)14-16(4,5)6/h7-8H2,1-6H3. The zero-order chi connectivity index (χ0) is 13.0. The van der Waals surface area contributed by atoms with Crippen LogP contribution in [0.2, 0.25) is 39.3 Å². The summed E-state index contributed by atoms with van der Waals surface area (Å²) >= 11 is 0. The molecule has 0 aromatic rings. The largest absolute Gasteiger partial charge is 0.520 e. The van der Waals surface area contributed by atoms with Crippen LogP contribution in [0.4, 0.5) is 0 Å². The molecule has 6 heteroatoms. The normalized spacial score (nSPS) is 12.1. The molecule has 0 heterocycles. The van der Waals surface area contributed by atoms with Crippen molar-refractivity contribution in [1.82, 2.24) is 0 Å². The van der Waals surface area contributed by atoms with Crippen LogP contribution < -0.4 is 0 Å². The quantitative estimate of drug-likeness (QED) is 0.714. The lowest BCUT2D eigenvalue weighted by atomic mass is 10.3. The van der Waals surface area contributed by atoms with Gasteiger partial charge in [-0.25, -0.2) is 0 Å². The third kappa shape index (κ3) is 9.91. The summed E-state index contributed by atoms with van der Waals surface area (Å²) in [4.78, 5) is 22.7. The minimum atomic E-state index is -1.83. The van der Waals surface area contributed by atoms with Crippen LogP contribution in [-0.4, -0.2) is 28.6 Å². The number of hydrogen-bond acceptors (Lipinski definition) is 4. The highest BCUT2D eigenvalue weighted by Gasteiger charge is 2.23. The van der Waals surface area contributed by atoms with Crippen molar-refractivity contribution < 1.29 is 18.4 Å². The van der Waals surface area contributed by atoms with Crippen molar-refractivity contribution in [3.05, 3.63) is 0 Å². The molecule has 0 atom stereocenters. The molecule has 0 amide bonds. The summed E-state index contributed by atoms with van der Waals surface area (Å²) in [7, 11) is -3.66. The van der Waals surface area contributed by atoms with Gasteiger partial charge in [-0.15, -0.1) is 0 Å². The second-order valence-electron chi connectivity index (χ2n) is 5.67. The fraction of sp³-hybridized carbons (Fsp3) is 0.800. The Hall–Kier alpha value is -0.626. The Kier molecular flexibility index (Phi) is 5.41. The number of rotatable bonds is 5. The van der Waals surface area contributed by atoms with E-state index in [2.05, 4.69) is 0 Å². The molecule has 0 fully saturated rings. The minimum absolute atomic E-state index is 0.119. The maximum absolute atomic E-state index is 11.3. The third-order valence-electron chi connectivity index (χ3n) is 1.37. The van der Waals surface area contributed by atoms with Crippen LogP contribution in [-0.2, 0) is 18.4 Å². The van der Waals surface area contributed by atoms with Gasteiger partial charge in [-0.05, 0) is 39.3 Å². The molecule has 0 radical (unpaired) electrons. The van der Waals surface area contributed by atoms with E-state index < -0.39 is 16.6 Å². The zero-order valence-electron chi connectivity index (χ0n) is 11.0. The summed E-state index contributed by atoms with van der Waals surface area (Å²) < 4.78 is 10.4. The van der Waals surface area contributed by atoms with E-state index in [4.69, 9.17) is 8.85 Å². The number of carbonyl (C=O) groups is 2. The van der Waals surface area contributed by atoms with Gasteiger partial charge < -0.3 is 8.85 Å². The average molecular weight is 262 g/mol. The maximum atomic E-state index is 11.3. The lowest BCUT2D eigenvalue weighted by Gasteiger charge is -2.19. The number of hydrogen-bond donors (Lipinski definition) is 0.